The van der Waals surface area contributed by atoms with Crippen LogP contribution in [0.3, 0.4) is 0 Å². The minimum atomic E-state index is -0.694. The lowest BCUT2D eigenvalue weighted by molar-refractivity contribution is -0.130. The molecule has 0 saturated carbocycles. The Balaban J connectivity index is 0.995. The number of ether oxygens (including phenoxy) is 2. The van der Waals surface area contributed by atoms with Crippen molar-refractivity contribution in [2.75, 3.05) is 52.4 Å². The van der Waals surface area contributed by atoms with Gasteiger partial charge in [-0.15, -0.1) is 0 Å². The Kier molecular flexibility index (Phi) is 10.1. The summed E-state index contributed by atoms with van der Waals surface area (Å²) in [5, 5.41) is 3.34. The number of amides is 3. The van der Waals surface area contributed by atoms with Crippen molar-refractivity contribution in [3.63, 3.8) is 0 Å². The summed E-state index contributed by atoms with van der Waals surface area (Å²) in [5.74, 6) is -0.535. The quantitative estimate of drug-likeness (QED) is 0.191. The van der Waals surface area contributed by atoms with Gasteiger partial charge in [-0.2, -0.15) is 0 Å². The number of fused-ring (bicyclic) bond motifs is 2. The molecule has 0 aliphatic carbocycles. The molecule has 13 nitrogen and oxygen atoms in total. The number of hydrogen-bond acceptors (Lipinski definition) is 10. The predicted octanol–water partition coefficient (Wildman–Crippen LogP) is 4.30. The van der Waals surface area contributed by atoms with Gasteiger partial charge in [0, 0.05) is 50.9 Å². The fourth-order valence-electron chi connectivity index (χ4n) is 6.18. The fraction of sp³-hybridized carbons (Fsp3) is 0.444. The maximum absolute atomic E-state index is 13.3. The number of nitrogens with zero attached hydrogens (tertiary/aromatic N) is 5. The van der Waals surface area contributed by atoms with E-state index < -0.39 is 17.6 Å². The molecule has 0 radical (unpaired) electrons. The molecule has 6 rings (SSSR count). The molecule has 0 bridgehead atoms. The number of aromatic nitrogens is 2. The number of likely N-dealkylation sites (tertiary alicyclic amines) is 1. The highest BCUT2D eigenvalue weighted by atomic mass is 16.6. The second-order valence-electron chi connectivity index (χ2n) is 13.3. The lowest BCUT2D eigenvalue weighted by atomic mass is 10.1. The van der Waals surface area contributed by atoms with Crippen molar-refractivity contribution in [1.29, 1.82) is 0 Å². The highest BCUT2D eigenvalue weighted by Gasteiger charge is 2.37. The van der Waals surface area contributed by atoms with Crippen LogP contribution in [0.5, 0.6) is 5.75 Å². The summed E-state index contributed by atoms with van der Waals surface area (Å²) >= 11 is 0. The van der Waals surface area contributed by atoms with Gasteiger partial charge in [0.05, 0.1) is 24.2 Å². The summed E-state index contributed by atoms with van der Waals surface area (Å²) in [6, 6.07) is 13.4. The number of rotatable bonds is 10. The first-order valence-electron chi connectivity index (χ1n) is 16.7. The lowest BCUT2D eigenvalue weighted by Gasteiger charge is -2.35. The molecule has 1 atom stereocenters. The van der Waals surface area contributed by atoms with E-state index in [0.29, 0.717) is 72.4 Å². The summed E-state index contributed by atoms with van der Waals surface area (Å²) in [7, 11) is 0. The van der Waals surface area contributed by atoms with Gasteiger partial charge in [0.15, 0.2) is 5.58 Å². The van der Waals surface area contributed by atoms with Gasteiger partial charge in [-0.1, -0.05) is 12.1 Å². The third-order valence-electron chi connectivity index (χ3n) is 8.65. The van der Waals surface area contributed by atoms with Crippen LogP contribution in [-0.2, 0) is 9.53 Å². The van der Waals surface area contributed by atoms with Crippen molar-refractivity contribution in [3.8, 4) is 5.75 Å². The second kappa shape index (κ2) is 14.6. The molecule has 3 amide bonds. The molecule has 2 aliphatic rings. The number of carbonyl (C=O) groups is 4. The van der Waals surface area contributed by atoms with Gasteiger partial charge < -0.3 is 29.0 Å². The highest BCUT2D eigenvalue weighted by molar-refractivity contribution is 6.07. The molecular weight excluding hydrogens is 628 g/mol. The van der Waals surface area contributed by atoms with Gasteiger partial charge in [0.25, 0.3) is 11.8 Å². The second-order valence-corrected chi connectivity index (χ2v) is 13.3. The molecule has 4 aromatic rings. The molecule has 258 valence electrons. The number of pyridine rings is 1. The minimum Gasteiger partial charge on any atom is -0.494 e. The SMILES string of the molecule is CC(C)(C)OC(=O)N1CCN(CCCOc2ccc3nccc(C(=O)NCC(=O)N4CCC[C@H]4C(=O)c4nc5ccccc5o4)c3c2)CC1. The van der Waals surface area contributed by atoms with Gasteiger partial charge in [-0.05, 0) is 76.4 Å². The van der Waals surface area contributed by atoms with E-state index in [4.69, 9.17) is 13.9 Å². The summed E-state index contributed by atoms with van der Waals surface area (Å²) < 4.78 is 17.2. The number of hydrogen-bond donors (Lipinski definition) is 1. The molecule has 2 aromatic heterocycles. The Morgan fingerprint density at radius 1 is 0.980 bits per heavy atom. The normalized spacial score (nSPS) is 17.0. The summed E-state index contributed by atoms with van der Waals surface area (Å²) in [5.41, 5.74) is 1.58. The average molecular weight is 671 g/mol. The van der Waals surface area contributed by atoms with Crippen LogP contribution < -0.4 is 10.1 Å². The number of nitrogens with one attached hydrogen (secondary N) is 1. The number of benzene rings is 2. The zero-order valence-electron chi connectivity index (χ0n) is 28.1. The zero-order chi connectivity index (χ0) is 34.5. The highest BCUT2D eigenvalue weighted by Crippen LogP contribution is 2.25. The van der Waals surface area contributed by atoms with Crippen LogP contribution in [0.25, 0.3) is 22.0 Å². The smallest absolute Gasteiger partial charge is 0.410 e. The van der Waals surface area contributed by atoms with Gasteiger partial charge >= 0.3 is 6.09 Å². The average Bonchev–Trinajstić information content (AvgIpc) is 3.76. The topological polar surface area (TPSA) is 147 Å². The predicted molar refractivity (Wildman–Crippen MR) is 182 cm³/mol. The third-order valence-corrected chi connectivity index (χ3v) is 8.65. The van der Waals surface area contributed by atoms with E-state index in [1.807, 2.05) is 32.9 Å². The van der Waals surface area contributed by atoms with Crippen LogP contribution in [0.4, 0.5) is 4.79 Å². The van der Waals surface area contributed by atoms with E-state index >= 15 is 0 Å². The minimum absolute atomic E-state index is 0.0191. The number of carbonyl (C=O) groups excluding carboxylic acids is 4. The van der Waals surface area contributed by atoms with E-state index in [9.17, 15) is 19.2 Å². The van der Waals surface area contributed by atoms with Gasteiger partial charge in [-0.3, -0.25) is 24.3 Å². The van der Waals surface area contributed by atoms with Crippen molar-refractivity contribution in [1.82, 2.24) is 30.0 Å². The van der Waals surface area contributed by atoms with Gasteiger partial charge in [0.2, 0.25) is 11.7 Å². The number of oxazole rings is 1. The molecule has 4 heterocycles. The van der Waals surface area contributed by atoms with Gasteiger partial charge in [0.1, 0.15) is 22.9 Å². The number of Topliss-reactive ketones (excluding diaryl/α,β-unsaturated/α-hetero) is 1. The third kappa shape index (κ3) is 8.16. The molecule has 0 spiro atoms. The summed E-state index contributed by atoms with van der Waals surface area (Å²) in [4.78, 5) is 66.3. The van der Waals surface area contributed by atoms with E-state index in [1.165, 1.54) is 4.90 Å². The van der Waals surface area contributed by atoms with Crippen molar-refractivity contribution in [2.24, 2.45) is 0 Å². The van der Waals surface area contributed by atoms with Crippen molar-refractivity contribution >= 4 is 45.7 Å². The zero-order valence-corrected chi connectivity index (χ0v) is 28.1. The maximum atomic E-state index is 13.3. The van der Waals surface area contributed by atoms with E-state index in [0.717, 1.165) is 26.1 Å². The van der Waals surface area contributed by atoms with E-state index in [1.54, 1.807) is 47.5 Å². The molecule has 2 fully saturated rings. The fourth-order valence-corrected chi connectivity index (χ4v) is 6.18. The Bertz CT molecular complexity index is 1810. The summed E-state index contributed by atoms with van der Waals surface area (Å²) in [6.07, 6.45) is 3.24. The molecule has 13 heteroatoms. The lowest BCUT2D eigenvalue weighted by Crippen LogP contribution is -2.50. The van der Waals surface area contributed by atoms with E-state index in [-0.39, 0.29) is 30.2 Å². The van der Waals surface area contributed by atoms with Crippen LogP contribution in [-0.4, -0.2) is 112 Å². The van der Waals surface area contributed by atoms with Crippen LogP contribution in [0.1, 0.15) is 61.1 Å². The molecule has 2 saturated heterocycles. The standard InChI is InChI=1S/C36H42N6O7/c1-36(2,3)49-35(46)41-19-17-40(18-20-41)15-7-21-47-24-11-12-27-26(22-24)25(13-14-37-27)33(45)38-23-31(43)42-16-6-9-29(42)32(44)34-39-28-8-4-5-10-30(28)48-34/h4-5,8,10-14,22,29H,6-7,9,15-21,23H2,1-3H3,(H,38,45)/t29-/m0/s1. The molecule has 2 aliphatic heterocycles. The molecule has 49 heavy (non-hydrogen) atoms. The van der Waals surface area contributed by atoms with Gasteiger partial charge in [-0.25, -0.2) is 9.78 Å². The molecule has 2 aromatic carbocycles. The van der Waals surface area contributed by atoms with E-state index in [2.05, 4.69) is 20.2 Å². The first-order valence-corrected chi connectivity index (χ1v) is 16.7. The largest absolute Gasteiger partial charge is 0.494 e. The Morgan fingerprint density at radius 3 is 2.55 bits per heavy atom. The first-order chi connectivity index (χ1) is 23.6. The Morgan fingerprint density at radius 2 is 1.78 bits per heavy atom. The van der Waals surface area contributed by atoms with Crippen LogP contribution >= 0.6 is 0 Å². The number of para-hydroxylation sites is 2. The van der Waals surface area contributed by atoms with Crippen molar-refractivity contribution in [2.45, 2.75) is 51.7 Å². The van der Waals surface area contributed by atoms with Crippen LogP contribution in [0.15, 0.2) is 59.1 Å². The Hall–Kier alpha value is -5.04. The van der Waals surface area contributed by atoms with Crippen LogP contribution in [0.2, 0.25) is 0 Å². The summed E-state index contributed by atoms with van der Waals surface area (Å²) in [6.45, 7) is 9.85. The van der Waals surface area contributed by atoms with Crippen LogP contribution in [0, 0.1) is 0 Å². The first kappa shape index (κ1) is 33.8. The number of piperazine rings is 1. The van der Waals surface area contributed by atoms with Crippen molar-refractivity contribution in [3.05, 3.63) is 66.2 Å². The molecular formula is C36H42N6O7. The molecule has 0 unspecified atom stereocenters. The monoisotopic (exact) mass is 670 g/mol. The maximum Gasteiger partial charge on any atom is 0.410 e. The molecule has 1 N–H and O–H groups in total. The Labute approximate surface area is 284 Å². The number of ketones is 1. The van der Waals surface area contributed by atoms with Crippen molar-refractivity contribution < 1.29 is 33.1 Å².